The number of rotatable bonds is 1. The van der Waals surface area contributed by atoms with Gasteiger partial charge < -0.3 is 5.32 Å². The summed E-state index contributed by atoms with van der Waals surface area (Å²) in [6.07, 6.45) is 0. The van der Waals surface area contributed by atoms with Crippen LogP contribution in [0.1, 0.15) is 26.3 Å². The number of nitrogens with one attached hydrogen (secondary N) is 1. The van der Waals surface area contributed by atoms with Crippen LogP contribution in [0.4, 0.5) is 10.5 Å². The lowest BCUT2D eigenvalue weighted by molar-refractivity contribution is 0.270. The first-order chi connectivity index (χ1) is 6.39. The lowest BCUT2D eigenvalue weighted by atomic mass is 9.87. The molecule has 0 aliphatic heterocycles. The Labute approximate surface area is 90.1 Å². The van der Waals surface area contributed by atoms with Crippen molar-refractivity contribution in [1.82, 2.24) is 0 Å². The molecule has 1 amide bonds. The van der Waals surface area contributed by atoms with Gasteiger partial charge in [0, 0.05) is 5.69 Å². The molecule has 0 heterocycles. The number of amides is 1. The van der Waals surface area contributed by atoms with Crippen LogP contribution < -0.4 is 5.32 Å². The fraction of sp³-hybridized carbons (Fsp3) is 0.364. The predicted octanol–water partition coefficient (Wildman–Crippen LogP) is 3.45. The summed E-state index contributed by atoms with van der Waals surface area (Å²) in [5.41, 5.74) is 2.16. The maximum atomic E-state index is 10.6. The van der Waals surface area contributed by atoms with E-state index in [9.17, 15) is 4.79 Å². The molecule has 1 N–H and O–H groups in total. The summed E-state index contributed by atoms with van der Waals surface area (Å²) in [6.45, 7) is 6.46. The Bertz CT molecular complexity index is 324. The summed E-state index contributed by atoms with van der Waals surface area (Å²) >= 11 is 3.64. The molecule has 3 heteroatoms. The molecule has 0 aromatic heterocycles. The summed E-state index contributed by atoms with van der Waals surface area (Å²) < 4.78 is 0. The second-order valence-corrected chi connectivity index (χ2v) is 4.66. The van der Waals surface area contributed by atoms with E-state index in [0.29, 0.717) is 0 Å². The summed E-state index contributed by atoms with van der Waals surface area (Å²) in [4.78, 5) is 10.6. The van der Waals surface area contributed by atoms with Gasteiger partial charge in [-0.3, -0.25) is 4.79 Å². The number of hydrogen-bond acceptors (Lipinski definition) is 1. The molecular formula is C11H15NOS. The van der Waals surface area contributed by atoms with E-state index in [1.54, 1.807) is 0 Å². The van der Waals surface area contributed by atoms with E-state index in [2.05, 4.69) is 38.7 Å². The van der Waals surface area contributed by atoms with Crippen LogP contribution in [0.25, 0.3) is 0 Å². The maximum Gasteiger partial charge on any atom is 0.280 e. The third-order valence-corrected chi connectivity index (χ3v) is 2.11. The van der Waals surface area contributed by atoms with Crippen LogP contribution in [0.2, 0.25) is 0 Å². The summed E-state index contributed by atoms with van der Waals surface area (Å²) in [7, 11) is 0. The number of anilines is 1. The number of carbonyl (C=O) groups is 1. The minimum absolute atomic E-state index is 0.142. The molecular weight excluding hydrogens is 194 g/mol. The first kappa shape index (κ1) is 11.1. The van der Waals surface area contributed by atoms with Gasteiger partial charge in [-0.05, 0) is 23.1 Å². The SMILES string of the molecule is CC(C)(C)c1ccc(NC(=O)S)cc1. The standard InChI is InChI=1S/C11H15NOS/c1-11(2,3)8-4-6-9(7-5-8)12-10(13)14/h4-7H,1-3H3,(H2,12,13,14). The first-order valence-electron chi connectivity index (χ1n) is 4.50. The molecule has 0 spiro atoms. The van der Waals surface area contributed by atoms with Gasteiger partial charge in [-0.25, -0.2) is 0 Å². The van der Waals surface area contributed by atoms with Crippen LogP contribution in [0, 0.1) is 0 Å². The highest BCUT2D eigenvalue weighted by atomic mass is 32.1. The highest BCUT2D eigenvalue weighted by molar-refractivity contribution is 7.96. The molecule has 2 nitrogen and oxygen atoms in total. The van der Waals surface area contributed by atoms with Crippen LogP contribution in [-0.2, 0) is 5.41 Å². The van der Waals surface area contributed by atoms with Gasteiger partial charge in [0.05, 0.1) is 0 Å². The Hall–Kier alpha value is -0.960. The molecule has 0 aliphatic carbocycles. The molecule has 14 heavy (non-hydrogen) atoms. The van der Waals surface area contributed by atoms with Crippen molar-refractivity contribution in [3.05, 3.63) is 29.8 Å². The Morgan fingerprint density at radius 2 is 1.71 bits per heavy atom. The zero-order chi connectivity index (χ0) is 10.8. The van der Waals surface area contributed by atoms with Crippen LogP contribution in [-0.4, -0.2) is 5.24 Å². The molecule has 0 unspecified atom stereocenters. The first-order valence-corrected chi connectivity index (χ1v) is 4.95. The smallest absolute Gasteiger partial charge is 0.280 e. The monoisotopic (exact) mass is 209 g/mol. The van der Waals surface area contributed by atoms with Gasteiger partial charge in [-0.15, -0.1) is 0 Å². The lowest BCUT2D eigenvalue weighted by Crippen LogP contribution is -2.11. The van der Waals surface area contributed by atoms with Crippen LogP contribution in [0.3, 0.4) is 0 Å². The van der Waals surface area contributed by atoms with Gasteiger partial charge >= 0.3 is 0 Å². The van der Waals surface area contributed by atoms with Crippen molar-refractivity contribution in [1.29, 1.82) is 0 Å². The topological polar surface area (TPSA) is 29.1 Å². The van der Waals surface area contributed by atoms with Crippen LogP contribution >= 0.6 is 12.6 Å². The highest BCUT2D eigenvalue weighted by Gasteiger charge is 2.12. The van der Waals surface area contributed by atoms with Crippen molar-refractivity contribution in [2.45, 2.75) is 26.2 Å². The van der Waals surface area contributed by atoms with E-state index in [1.165, 1.54) is 5.56 Å². The summed E-state index contributed by atoms with van der Waals surface area (Å²) in [5.74, 6) is 0. The number of benzene rings is 1. The fourth-order valence-electron chi connectivity index (χ4n) is 1.18. The van der Waals surface area contributed by atoms with Crippen LogP contribution in [0.5, 0.6) is 0 Å². The summed E-state index contributed by atoms with van der Waals surface area (Å²) in [6, 6.07) is 7.79. The average molecular weight is 209 g/mol. The number of thiol groups is 1. The van der Waals surface area contributed by atoms with Crippen molar-refractivity contribution < 1.29 is 4.79 Å². The quantitative estimate of drug-likeness (QED) is 0.681. The molecule has 0 radical (unpaired) electrons. The summed E-state index contributed by atoms with van der Waals surface area (Å²) in [5, 5.41) is 2.27. The fourth-order valence-corrected chi connectivity index (χ4v) is 1.31. The molecule has 0 bridgehead atoms. The van der Waals surface area contributed by atoms with Gasteiger partial charge in [0.2, 0.25) is 0 Å². The number of hydrogen-bond donors (Lipinski definition) is 2. The third kappa shape index (κ3) is 3.07. The predicted molar refractivity (Wildman–Crippen MR) is 63.1 cm³/mol. The van der Waals surface area contributed by atoms with Gasteiger partial charge in [0.1, 0.15) is 0 Å². The zero-order valence-electron chi connectivity index (χ0n) is 8.66. The molecule has 1 rings (SSSR count). The second kappa shape index (κ2) is 4.05. The minimum atomic E-state index is -0.339. The van der Waals surface area contributed by atoms with Crippen molar-refractivity contribution >= 4 is 23.6 Å². The molecule has 1 aromatic rings. The average Bonchev–Trinajstić information content (AvgIpc) is 2.02. The zero-order valence-corrected chi connectivity index (χ0v) is 9.56. The molecule has 0 saturated carbocycles. The Balaban J connectivity index is 2.84. The Morgan fingerprint density at radius 1 is 1.21 bits per heavy atom. The molecule has 0 aliphatic rings. The van der Waals surface area contributed by atoms with E-state index in [-0.39, 0.29) is 10.7 Å². The lowest BCUT2D eigenvalue weighted by Gasteiger charge is -2.19. The molecule has 0 atom stereocenters. The normalized spacial score (nSPS) is 11.1. The number of carbonyl (C=O) groups excluding carboxylic acids is 1. The van der Waals surface area contributed by atoms with E-state index in [0.717, 1.165) is 5.69 Å². The van der Waals surface area contributed by atoms with Crippen LogP contribution in [0.15, 0.2) is 24.3 Å². The van der Waals surface area contributed by atoms with Gasteiger partial charge in [-0.1, -0.05) is 45.5 Å². The maximum absolute atomic E-state index is 10.6. The van der Waals surface area contributed by atoms with Crippen molar-refractivity contribution in [2.24, 2.45) is 0 Å². The van der Waals surface area contributed by atoms with Crippen molar-refractivity contribution in [3.8, 4) is 0 Å². The van der Waals surface area contributed by atoms with E-state index in [1.807, 2.05) is 24.3 Å². The van der Waals surface area contributed by atoms with Crippen molar-refractivity contribution in [3.63, 3.8) is 0 Å². The highest BCUT2D eigenvalue weighted by Crippen LogP contribution is 2.23. The van der Waals surface area contributed by atoms with Gasteiger partial charge in [-0.2, -0.15) is 0 Å². The Morgan fingerprint density at radius 3 is 2.07 bits per heavy atom. The molecule has 0 saturated heterocycles. The second-order valence-electron chi connectivity index (χ2n) is 4.26. The third-order valence-electron chi connectivity index (χ3n) is 2.00. The van der Waals surface area contributed by atoms with E-state index in [4.69, 9.17) is 0 Å². The van der Waals surface area contributed by atoms with Gasteiger partial charge in [0.25, 0.3) is 5.24 Å². The van der Waals surface area contributed by atoms with Crippen molar-refractivity contribution in [2.75, 3.05) is 5.32 Å². The largest absolute Gasteiger partial charge is 0.317 e. The van der Waals surface area contributed by atoms with E-state index >= 15 is 0 Å². The minimum Gasteiger partial charge on any atom is -0.317 e. The Kier molecular flexibility index (Phi) is 3.21. The molecule has 1 aromatic carbocycles. The molecule has 76 valence electrons. The molecule has 0 fully saturated rings. The van der Waals surface area contributed by atoms with E-state index < -0.39 is 0 Å². The van der Waals surface area contributed by atoms with Gasteiger partial charge in [0.15, 0.2) is 0 Å².